The number of halogens is 2. The average Bonchev–Trinajstić information content (AvgIpc) is 2.52. The molecule has 0 aliphatic rings. The third kappa shape index (κ3) is 6.12. The van der Waals surface area contributed by atoms with Gasteiger partial charge in [0.15, 0.2) is 0 Å². The minimum atomic E-state index is 0.495. The maximum absolute atomic E-state index is 5.95. The molecule has 1 N–H and O–H groups in total. The van der Waals surface area contributed by atoms with Gasteiger partial charge in [0.1, 0.15) is 5.75 Å². The standard InChI is InChI=1S/C18H20Cl2N2O/c1-13(2)9-10-23-16-6-3-14(4-7-16)12-21-22-15-5-8-17(19)18(20)11-15/h3-8,11-13,22H,9-10H2,1-2H3. The lowest BCUT2D eigenvalue weighted by Crippen LogP contribution is -2.01. The molecule has 2 aromatic rings. The summed E-state index contributed by atoms with van der Waals surface area (Å²) in [5.41, 5.74) is 4.68. The van der Waals surface area contributed by atoms with E-state index in [0.717, 1.165) is 30.0 Å². The third-order valence-electron chi connectivity index (χ3n) is 3.17. The van der Waals surface area contributed by atoms with Gasteiger partial charge in [-0.25, -0.2) is 0 Å². The maximum Gasteiger partial charge on any atom is 0.119 e. The highest BCUT2D eigenvalue weighted by Crippen LogP contribution is 2.24. The van der Waals surface area contributed by atoms with Crippen molar-refractivity contribution in [3.8, 4) is 5.75 Å². The second-order valence-corrected chi connectivity index (χ2v) is 6.41. The van der Waals surface area contributed by atoms with E-state index >= 15 is 0 Å². The molecular weight excluding hydrogens is 331 g/mol. The summed E-state index contributed by atoms with van der Waals surface area (Å²) >= 11 is 11.8. The molecule has 0 radical (unpaired) electrons. The van der Waals surface area contributed by atoms with Crippen LogP contribution in [0, 0.1) is 5.92 Å². The molecule has 0 aromatic heterocycles. The van der Waals surface area contributed by atoms with E-state index in [1.54, 1.807) is 18.3 Å². The summed E-state index contributed by atoms with van der Waals surface area (Å²) in [6.07, 6.45) is 2.79. The first kappa shape index (κ1) is 17.6. The zero-order valence-corrected chi connectivity index (χ0v) is 14.7. The third-order valence-corrected chi connectivity index (χ3v) is 3.91. The molecule has 0 saturated heterocycles. The summed E-state index contributed by atoms with van der Waals surface area (Å²) in [6, 6.07) is 13.1. The van der Waals surface area contributed by atoms with Crippen molar-refractivity contribution in [2.24, 2.45) is 11.0 Å². The predicted molar refractivity (Wildman–Crippen MR) is 99.1 cm³/mol. The van der Waals surface area contributed by atoms with E-state index in [4.69, 9.17) is 27.9 Å². The minimum absolute atomic E-state index is 0.495. The van der Waals surface area contributed by atoms with Gasteiger partial charge >= 0.3 is 0 Å². The molecule has 0 amide bonds. The van der Waals surface area contributed by atoms with Gasteiger partial charge in [0.05, 0.1) is 28.6 Å². The van der Waals surface area contributed by atoms with Crippen molar-refractivity contribution in [1.82, 2.24) is 0 Å². The Morgan fingerprint density at radius 2 is 1.83 bits per heavy atom. The monoisotopic (exact) mass is 350 g/mol. The van der Waals surface area contributed by atoms with E-state index < -0.39 is 0 Å². The first-order valence-electron chi connectivity index (χ1n) is 7.51. The minimum Gasteiger partial charge on any atom is -0.494 e. The van der Waals surface area contributed by atoms with Crippen LogP contribution in [0.25, 0.3) is 0 Å². The molecule has 0 atom stereocenters. The number of anilines is 1. The largest absolute Gasteiger partial charge is 0.494 e. The topological polar surface area (TPSA) is 33.6 Å². The summed E-state index contributed by atoms with van der Waals surface area (Å²) in [6.45, 7) is 5.11. The van der Waals surface area contributed by atoms with Crippen molar-refractivity contribution < 1.29 is 4.74 Å². The predicted octanol–water partition coefficient (Wildman–Crippen LogP) is 5.86. The number of nitrogens with one attached hydrogen (secondary N) is 1. The summed E-state index contributed by atoms with van der Waals surface area (Å²) in [7, 11) is 0. The number of benzene rings is 2. The van der Waals surface area contributed by atoms with Crippen molar-refractivity contribution in [2.75, 3.05) is 12.0 Å². The molecule has 2 rings (SSSR count). The van der Waals surface area contributed by atoms with E-state index in [1.165, 1.54) is 0 Å². The fourth-order valence-electron chi connectivity index (χ4n) is 1.81. The van der Waals surface area contributed by atoms with E-state index in [-0.39, 0.29) is 0 Å². The fraction of sp³-hybridized carbons (Fsp3) is 0.278. The molecule has 0 saturated carbocycles. The molecule has 5 heteroatoms. The second kappa shape index (κ2) is 8.80. The van der Waals surface area contributed by atoms with Crippen molar-refractivity contribution in [2.45, 2.75) is 20.3 Å². The smallest absolute Gasteiger partial charge is 0.119 e. The van der Waals surface area contributed by atoms with E-state index in [2.05, 4.69) is 24.4 Å². The number of nitrogens with zero attached hydrogens (tertiary/aromatic N) is 1. The lowest BCUT2D eigenvalue weighted by atomic mass is 10.1. The molecule has 122 valence electrons. The van der Waals surface area contributed by atoms with Gasteiger partial charge in [-0.15, -0.1) is 0 Å². The molecule has 0 aliphatic carbocycles. The highest BCUT2D eigenvalue weighted by molar-refractivity contribution is 6.42. The van der Waals surface area contributed by atoms with E-state index in [1.807, 2.05) is 30.3 Å². The molecule has 2 aromatic carbocycles. The van der Waals surface area contributed by atoms with Crippen LogP contribution in [0.4, 0.5) is 5.69 Å². The first-order chi connectivity index (χ1) is 11.0. The Bertz CT molecular complexity index is 655. The Morgan fingerprint density at radius 3 is 2.48 bits per heavy atom. The number of hydrogen-bond acceptors (Lipinski definition) is 3. The molecule has 23 heavy (non-hydrogen) atoms. The Labute approximate surface area is 147 Å². The normalized spacial score (nSPS) is 11.2. The van der Waals surface area contributed by atoms with Crippen LogP contribution in [-0.2, 0) is 0 Å². The van der Waals surface area contributed by atoms with Crippen molar-refractivity contribution in [3.63, 3.8) is 0 Å². The molecule has 0 fully saturated rings. The van der Waals surface area contributed by atoms with Crippen LogP contribution in [0.1, 0.15) is 25.8 Å². The summed E-state index contributed by atoms with van der Waals surface area (Å²) < 4.78 is 5.68. The van der Waals surface area contributed by atoms with Crippen molar-refractivity contribution >= 4 is 35.1 Å². The maximum atomic E-state index is 5.95. The number of rotatable bonds is 7. The van der Waals surface area contributed by atoms with Crippen LogP contribution in [0.3, 0.4) is 0 Å². The Kier molecular flexibility index (Phi) is 6.75. The fourth-order valence-corrected chi connectivity index (χ4v) is 2.11. The SMILES string of the molecule is CC(C)CCOc1ccc(C=NNc2ccc(Cl)c(Cl)c2)cc1. The molecule has 3 nitrogen and oxygen atoms in total. The highest BCUT2D eigenvalue weighted by Gasteiger charge is 1.99. The molecule has 0 bridgehead atoms. The van der Waals surface area contributed by atoms with Crippen LogP contribution in [0.2, 0.25) is 10.0 Å². The van der Waals surface area contributed by atoms with E-state index in [9.17, 15) is 0 Å². The lowest BCUT2D eigenvalue weighted by molar-refractivity contribution is 0.289. The van der Waals surface area contributed by atoms with Crippen LogP contribution >= 0.6 is 23.2 Å². The number of hydrogen-bond donors (Lipinski definition) is 1. The van der Waals surface area contributed by atoms with Gasteiger partial charge in [-0.2, -0.15) is 5.10 Å². The van der Waals surface area contributed by atoms with Crippen LogP contribution in [0.5, 0.6) is 5.75 Å². The van der Waals surface area contributed by atoms with Gasteiger partial charge in [0.2, 0.25) is 0 Å². The summed E-state index contributed by atoms with van der Waals surface area (Å²) in [4.78, 5) is 0. The zero-order chi connectivity index (χ0) is 16.7. The van der Waals surface area contributed by atoms with Crippen LogP contribution in [-0.4, -0.2) is 12.8 Å². The summed E-state index contributed by atoms with van der Waals surface area (Å²) in [5.74, 6) is 1.52. The van der Waals surface area contributed by atoms with E-state index in [0.29, 0.717) is 16.0 Å². The molecule has 0 aliphatic heterocycles. The zero-order valence-electron chi connectivity index (χ0n) is 13.2. The molecule has 0 heterocycles. The molecular formula is C18H20Cl2N2O. The van der Waals surface area contributed by atoms with Gasteiger partial charge in [0.25, 0.3) is 0 Å². The Hall–Kier alpha value is -1.71. The second-order valence-electron chi connectivity index (χ2n) is 5.60. The number of ether oxygens (including phenoxy) is 1. The van der Waals surface area contributed by atoms with Crippen molar-refractivity contribution in [1.29, 1.82) is 0 Å². The van der Waals surface area contributed by atoms with Crippen LogP contribution < -0.4 is 10.2 Å². The average molecular weight is 351 g/mol. The highest BCUT2D eigenvalue weighted by atomic mass is 35.5. The van der Waals surface area contributed by atoms with Gasteiger partial charge in [-0.05, 0) is 60.4 Å². The number of hydrazone groups is 1. The van der Waals surface area contributed by atoms with Gasteiger partial charge < -0.3 is 4.74 Å². The molecule has 0 unspecified atom stereocenters. The van der Waals surface area contributed by atoms with Gasteiger partial charge in [-0.1, -0.05) is 37.0 Å². The quantitative estimate of drug-likeness (QED) is 0.500. The first-order valence-corrected chi connectivity index (χ1v) is 8.27. The van der Waals surface area contributed by atoms with Crippen molar-refractivity contribution in [3.05, 3.63) is 58.1 Å². The Balaban J connectivity index is 1.86. The van der Waals surface area contributed by atoms with Crippen LogP contribution in [0.15, 0.2) is 47.6 Å². The summed E-state index contributed by atoms with van der Waals surface area (Å²) in [5, 5.41) is 5.20. The lowest BCUT2D eigenvalue weighted by Gasteiger charge is -2.08. The van der Waals surface area contributed by atoms with Gasteiger partial charge in [-0.3, -0.25) is 5.43 Å². The molecule has 0 spiro atoms. The Morgan fingerprint density at radius 1 is 1.09 bits per heavy atom. The van der Waals surface area contributed by atoms with Gasteiger partial charge in [0, 0.05) is 0 Å².